The van der Waals surface area contributed by atoms with Crippen molar-refractivity contribution in [2.24, 2.45) is 0 Å². The van der Waals surface area contributed by atoms with Gasteiger partial charge in [0.25, 0.3) is 0 Å². The van der Waals surface area contributed by atoms with Gasteiger partial charge in [-0.2, -0.15) is 0 Å². The molecule has 0 bridgehead atoms. The molecule has 0 aliphatic carbocycles. The molecule has 0 N–H and O–H groups in total. The fourth-order valence-electron chi connectivity index (χ4n) is 8.80. The Morgan fingerprint density at radius 2 is 0.500 bits per heavy atom. The van der Waals surface area contributed by atoms with Gasteiger partial charge >= 0.3 is 17.9 Å². The van der Waals surface area contributed by atoms with E-state index in [4.69, 9.17) is 14.2 Å². The Hall–Kier alpha value is -4.19. The molecule has 0 amide bonds. The Balaban J connectivity index is 4.22. The third kappa shape index (κ3) is 62.7. The summed E-state index contributed by atoms with van der Waals surface area (Å²) in [6, 6.07) is 0. The van der Waals surface area contributed by atoms with Gasteiger partial charge in [-0.3, -0.25) is 14.4 Å². The lowest BCUT2D eigenvalue weighted by molar-refractivity contribution is -0.167. The van der Waals surface area contributed by atoms with Crippen LogP contribution in [-0.4, -0.2) is 37.2 Å². The molecule has 0 aromatic carbocycles. The number of allylic oxidation sites excluding steroid dienone is 20. The molecule has 0 radical (unpaired) electrons. The van der Waals surface area contributed by atoms with Gasteiger partial charge < -0.3 is 14.2 Å². The van der Waals surface area contributed by atoms with Crippen LogP contribution in [0.25, 0.3) is 0 Å². The second kappa shape index (κ2) is 65.3. The second-order valence-corrected chi connectivity index (χ2v) is 21.3. The highest BCUT2D eigenvalue weighted by molar-refractivity contribution is 5.71. The van der Waals surface area contributed by atoms with Gasteiger partial charge in [-0.25, -0.2) is 0 Å². The molecule has 0 heterocycles. The predicted molar refractivity (Wildman–Crippen MR) is 339 cm³/mol. The topological polar surface area (TPSA) is 78.9 Å². The standard InChI is InChI=1S/C72H120O6/c1-4-7-10-13-16-19-22-25-27-28-29-30-31-32-33-34-35-36-37-38-39-40-41-42-43-44-46-47-50-53-56-59-62-65-71(74)77-68-69(67-76-70(73)64-61-58-55-52-49-24-21-18-15-12-9-6-3)78-72(75)66-63-60-57-54-51-48-45-26-23-20-17-14-11-8-5-2/h7,10,16-21,25-27,29-30,32-33,35-36,38-39,45,69H,4-6,8-9,11-15,22-24,28,31,34,37,40-44,46-68H2,1-3H3/b10-7-,19-16-,20-17-,21-18-,27-25-,30-29-,33-32-,36-35-,39-38-,45-26-. The number of esters is 3. The van der Waals surface area contributed by atoms with Gasteiger partial charge in [0.15, 0.2) is 6.10 Å². The Kier molecular flexibility index (Phi) is 61.8. The fraction of sp³-hybridized carbons (Fsp3) is 0.681. The summed E-state index contributed by atoms with van der Waals surface area (Å²) >= 11 is 0. The maximum Gasteiger partial charge on any atom is 0.306 e. The molecule has 1 unspecified atom stereocenters. The van der Waals surface area contributed by atoms with E-state index in [0.717, 1.165) is 135 Å². The molecule has 0 saturated carbocycles. The Morgan fingerprint density at radius 3 is 0.795 bits per heavy atom. The van der Waals surface area contributed by atoms with Gasteiger partial charge in [0.2, 0.25) is 0 Å². The zero-order valence-electron chi connectivity index (χ0n) is 50.9. The molecular formula is C72H120O6. The number of hydrogen-bond donors (Lipinski definition) is 0. The second-order valence-electron chi connectivity index (χ2n) is 21.3. The fourth-order valence-corrected chi connectivity index (χ4v) is 8.80. The van der Waals surface area contributed by atoms with Crippen molar-refractivity contribution in [2.75, 3.05) is 13.2 Å². The molecule has 78 heavy (non-hydrogen) atoms. The minimum Gasteiger partial charge on any atom is -0.462 e. The van der Waals surface area contributed by atoms with Crippen LogP contribution in [0, 0.1) is 0 Å². The van der Waals surface area contributed by atoms with E-state index in [2.05, 4.69) is 142 Å². The summed E-state index contributed by atoms with van der Waals surface area (Å²) < 4.78 is 16.9. The van der Waals surface area contributed by atoms with Crippen LogP contribution < -0.4 is 0 Å². The summed E-state index contributed by atoms with van der Waals surface area (Å²) in [7, 11) is 0. The van der Waals surface area contributed by atoms with Crippen molar-refractivity contribution in [2.45, 2.75) is 303 Å². The summed E-state index contributed by atoms with van der Waals surface area (Å²) in [6.45, 7) is 6.46. The van der Waals surface area contributed by atoms with Crippen molar-refractivity contribution in [1.82, 2.24) is 0 Å². The van der Waals surface area contributed by atoms with Crippen LogP contribution in [0.4, 0.5) is 0 Å². The smallest absolute Gasteiger partial charge is 0.306 e. The summed E-state index contributed by atoms with van der Waals surface area (Å²) in [4.78, 5) is 38.2. The van der Waals surface area contributed by atoms with Crippen LogP contribution in [0.2, 0.25) is 0 Å². The van der Waals surface area contributed by atoms with E-state index >= 15 is 0 Å². The van der Waals surface area contributed by atoms with E-state index in [0.29, 0.717) is 19.3 Å². The van der Waals surface area contributed by atoms with Gasteiger partial charge in [-0.15, -0.1) is 0 Å². The first kappa shape index (κ1) is 73.8. The third-order valence-corrected chi connectivity index (χ3v) is 13.7. The molecule has 444 valence electrons. The number of carbonyl (C=O) groups is 3. The molecule has 0 aromatic rings. The molecule has 6 nitrogen and oxygen atoms in total. The molecule has 0 aromatic heterocycles. The number of carbonyl (C=O) groups excluding carboxylic acids is 3. The Morgan fingerprint density at radius 1 is 0.269 bits per heavy atom. The Bertz CT molecular complexity index is 1620. The highest BCUT2D eigenvalue weighted by Gasteiger charge is 2.19. The predicted octanol–water partition coefficient (Wildman–Crippen LogP) is 22.4. The molecule has 0 aliphatic rings. The first-order valence-corrected chi connectivity index (χ1v) is 32.5. The molecule has 0 spiro atoms. The third-order valence-electron chi connectivity index (χ3n) is 13.7. The van der Waals surface area contributed by atoms with Crippen molar-refractivity contribution < 1.29 is 28.6 Å². The normalized spacial score (nSPS) is 12.9. The SMILES string of the molecule is CC/C=C\C/C=C\C/C=C\C/C=C\C/C=C\C/C=C\C/C=C\CCCCCCCCCCCCCC(=O)OCC(COC(=O)CCCCCCC/C=C\CCCCC)OC(=O)CCCCCCC/C=C\C/C=C\CCCCC. The molecule has 0 saturated heterocycles. The molecule has 0 aliphatic heterocycles. The maximum atomic E-state index is 12.9. The van der Waals surface area contributed by atoms with Gasteiger partial charge in [-0.05, 0) is 135 Å². The van der Waals surface area contributed by atoms with Crippen molar-refractivity contribution in [3.63, 3.8) is 0 Å². The Labute approximate surface area is 482 Å². The number of ether oxygens (including phenoxy) is 3. The first-order chi connectivity index (χ1) is 38.5. The number of rotatable bonds is 58. The lowest BCUT2D eigenvalue weighted by Crippen LogP contribution is -2.30. The minimum atomic E-state index is -0.792. The average Bonchev–Trinajstić information content (AvgIpc) is 3.44. The molecule has 0 fully saturated rings. The van der Waals surface area contributed by atoms with Crippen LogP contribution in [0.1, 0.15) is 297 Å². The first-order valence-electron chi connectivity index (χ1n) is 32.5. The molecule has 6 heteroatoms. The zero-order valence-corrected chi connectivity index (χ0v) is 50.9. The minimum absolute atomic E-state index is 0.0885. The zero-order chi connectivity index (χ0) is 56.4. The van der Waals surface area contributed by atoms with Crippen molar-refractivity contribution in [1.29, 1.82) is 0 Å². The monoisotopic (exact) mass is 1080 g/mol. The molecular weight excluding hydrogens is 961 g/mol. The lowest BCUT2D eigenvalue weighted by Gasteiger charge is -2.18. The van der Waals surface area contributed by atoms with Gasteiger partial charge in [0, 0.05) is 19.3 Å². The highest BCUT2D eigenvalue weighted by atomic mass is 16.6. The molecule has 0 rings (SSSR count). The summed E-state index contributed by atoms with van der Waals surface area (Å²) in [5.41, 5.74) is 0. The largest absolute Gasteiger partial charge is 0.462 e. The lowest BCUT2D eigenvalue weighted by atomic mass is 10.0. The van der Waals surface area contributed by atoms with Crippen molar-refractivity contribution in [3.05, 3.63) is 122 Å². The van der Waals surface area contributed by atoms with Crippen LogP contribution in [0.3, 0.4) is 0 Å². The van der Waals surface area contributed by atoms with E-state index in [9.17, 15) is 14.4 Å². The summed E-state index contributed by atoms with van der Waals surface area (Å²) in [5, 5.41) is 0. The maximum absolute atomic E-state index is 12.9. The average molecular weight is 1080 g/mol. The van der Waals surface area contributed by atoms with Gasteiger partial charge in [0.05, 0.1) is 0 Å². The van der Waals surface area contributed by atoms with Crippen LogP contribution in [-0.2, 0) is 28.6 Å². The van der Waals surface area contributed by atoms with Crippen molar-refractivity contribution >= 4 is 17.9 Å². The molecule has 1 atom stereocenters. The van der Waals surface area contributed by atoms with Crippen LogP contribution in [0.15, 0.2) is 122 Å². The van der Waals surface area contributed by atoms with Crippen LogP contribution >= 0.6 is 0 Å². The van der Waals surface area contributed by atoms with E-state index in [1.165, 1.54) is 122 Å². The summed E-state index contributed by atoms with van der Waals surface area (Å²) in [5.74, 6) is -0.910. The van der Waals surface area contributed by atoms with E-state index in [-0.39, 0.29) is 31.1 Å². The van der Waals surface area contributed by atoms with E-state index < -0.39 is 6.10 Å². The van der Waals surface area contributed by atoms with E-state index in [1.807, 2.05) is 0 Å². The van der Waals surface area contributed by atoms with E-state index in [1.54, 1.807) is 0 Å². The van der Waals surface area contributed by atoms with Gasteiger partial charge in [-0.1, -0.05) is 264 Å². The van der Waals surface area contributed by atoms with Crippen molar-refractivity contribution in [3.8, 4) is 0 Å². The van der Waals surface area contributed by atoms with Crippen LogP contribution in [0.5, 0.6) is 0 Å². The summed E-state index contributed by atoms with van der Waals surface area (Å²) in [6.07, 6.45) is 90.7. The van der Waals surface area contributed by atoms with Gasteiger partial charge in [0.1, 0.15) is 13.2 Å². The highest BCUT2D eigenvalue weighted by Crippen LogP contribution is 2.15. The number of hydrogen-bond acceptors (Lipinski definition) is 6. The quantitative estimate of drug-likeness (QED) is 0.0261. The number of unbranched alkanes of at least 4 members (excludes halogenated alkanes) is 27.